The standard InChI is InChI=1S/C55H33N3S2/c1-2-11-34(12-3-1)49-32-50(44-23-22-41(37-13-10-26-56-33-37)42-14-4-5-15-43(42)44)58-55(57-49)40-28-38(35-20-24-53-47(30-35)45-16-6-8-18-51(45)59-53)27-39(29-40)36-21-25-54-48(31-36)46-17-7-9-19-52(46)60-54/h1-33H. The van der Waals surface area contributed by atoms with Gasteiger partial charge in [0.05, 0.1) is 11.4 Å². The number of fused-ring (bicyclic) bond motifs is 7. The minimum Gasteiger partial charge on any atom is -0.264 e. The molecule has 0 N–H and O–H groups in total. The highest BCUT2D eigenvalue weighted by molar-refractivity contribution is 7.26. The molecular formula is C55H33N3S2. The molecule has 0 unspecified atom stereocenters. The lowest BCUT2D eigenvalue weighted by molar-refractivity contribution is 1.19. The monoisotopic (exact) mass is 799 g/mol. The zero-order valence-corrected chi connectivity index (χ0v) is 33.8. The molecule has 12 rings (SSSR count). The van der Waals surface area contributed by atoms with Crippen molar-refractivity contribution in [3.05, 3.63) is 200 Å². The van der Waals surface area contributed by atoms with Gasteiger partial charge in [0.25, 0.3) is 0 Å². The summed E-state index contributed by atoms with van der Waals surface area (Å²) in [6.45, 7) is 0. The van der Waals surface area contributed by atoms with Gasteiger partial charge in [0.2, 0.25) is 0 Å². The molecular weight excluding hydrogens is 767 g/mol. The van der Waals surface area contributed by atoms with Crippen molar-refractivity contribution in [1.29, 1.82) is 0 Å². The summed E-state index contributed by atoms with van der Waals surface area (Å²) in [5, 5.41) is 7.41. The highest BCUT2D eigenvalue weighted by Gasteiger charge is 2.18. The van der Waals surface area contributed by atoms with Crippen molar-refractivity contribution in [2.24, 2.45) is 0 Å². The van der Waals surface area contributed by atoms with Crippen LogP contribution in [0.1, 0.15) is 0 Å². The molecule has 0 aliphatic carbocycles. The summed E-state index contributed by atoms with van der Waals surface area (Å²) in [7, 11) is 0. The van der Waals surface area contributed by atoms with Crippen molar-refractivity contribution in [3.63, 3.8) is 0 Å². The summed E-state index contributed by atoms with van der Waals surface area (Å²) in [5.74, 6) is 0.680. The third kappa shape index (κ3) is 5.98. The lowest BCUT2D eigenvalue weighted by atomic mass is 9.93. The number of nitrogens with zero attached hydrogens (tertiary/aromatic N) is 3. The molecule has 0 aliphatic heterocycles. The van der Waals surface area contributed by atoms with E-state index in [9.17, 15) is 0 Å². The normalized spacial score (nSPS) is 11.7. The molecule has 0 saturated carbocycles. The Morgan fingerprint density at radius 3 is 1.45 bits per heavy atom. The molecule has 0 aliphatic rings. The SMILES string of the molecule is c1ccc(-c2cc(-c3ccc(-c4cccnc4)c4ccccc34)nc(-c3cc(-c4ccc5sc6ccccc6c5c4)cc(-c4ccc5sc6ccccc6c5c4)c3)n2)cc1. The van der Waals surface area contributed by atoms with Gasteiger partial charge in [0, 0.05) is 75.0 Å². The second-order valence-corrected chi connectivity index (χ2v) is 17.4. The van der Waals surface area contributed by atoms with Crippen LogP contribution in [-0.4, -0.2) is 15.0 Å². The summed E-state index contributed by atoms with van der Waals surface area (Å²) in [5.41, 5.74) is 11.6. The van der Waals surface area contributed by atoms with Crippen LogP contribution in [0.3, 0.4) is 0 Å². The van der Waals surface area contributed by atoms with E-state index in [-0.39, 0.29) is 0 Å². The number of benzene rings is 8. The average Bonchev–Trinajstić information content (AvgIpc) is 3.89. The fourth-order valence-electron chi connectivity index (χ4n) is 8.67. The Kier molecular flexibility index (Phi) is 8.22. The van der Waals surface area contributed by atoms with Crippen molar-refractivity contribution in [2.45, 2.75) is 0 Å². The van der Waals surface area contributed by atoms with Crippen LogP contribution in [0.5, 0.6) is 0 Å². The molecule has 3 nitrogen and oxygen atoms in total. The Labute approximate surface area is 354 Å². The molecule has 0 bridgehead atoms. The molecule has 4 heterocycles. The van der Waals surface area contributed by atoms with E-state index in [2.05, 4.69) is 181 Å². The van der Waals surface area contributed by atoms with Crippen molar-refractivity contribution < 1.29 is 0 Å². The van der Waals surface area contributed by atoms with Gasteiger partial charge >= 0.3 is 0 Å². The first kappa shape index (κ1) is 34.7. The van der Waals surface area contributed by atoms with E-state index < -0.39 is 0 Å². The molecule has 5 heteroatoms. The minimum atomic E-state index is 0.680. The number of rotatable bonds is 6. The quantitative estimate of drug-likeness (QED) is 0.168. The Morgan fingerprint density at radius 2 is 0.817 bits per heavy atom. The number of aromatic nitrogens is 3. The average molecular weight is 800 g/mol. The predicted octanol–water partition coefficient (Wildman–Crippen LogP) is 15.8. The Hall–Kier alpha value is -7.31. The second-order valence-electron chi connectivity index (χ2n) is 15.2. The molecule has 8 aromatic carbocycles. The molecule has 0 amide bonds. The lowest BCUT2D eigenvalue weighted by Crippen LogP contribution is -1.97. The van der Waals surface area contributed by atoms with Gasteiger partial charge in [-0.25, -0.2) is 9.97 Å². The highest BCUT2D eigenvalue weighted by atomic mass is 32.1. The van der Waals surface area contributed by atoms with Crippen LogP contribution in [0.25, 0.3) is 118 Å². The number of pyridine rings is 1. The lowest BCUT2D eigenvalue weighted by Gasteiger charge is -2.15. The van der Waals surface area contributed by atoms with E-state index in [1.807, 2.05) is 47.2 Å². The fourth-order valence-corrected chi connectivity index (χ4v) is 10.8. The van der Waals surface area contributed by atoms with Crippen LogP contribution in [-0.2, 0) is 0 Å². The van der Waals surface area contributed by atoms with Crippen molar-refractivity contribution in [2.75, 3.05) is 0 Å². The van der Waals surface area contributed by atoms with Gasteiger partial charge < -0.3 is 0 Å². The zero-order chi connectivity index (χ0) is 39.6. The van der Waals surface area contributed by atoms with E-state index in [0.29, 0.717) is 5.82 Å². The molecule has 0 fully saturated rings. The minimum absolute atomic E-state index is 0.680. The zero-order valence-electron chi connectivity index (χ0n) is 32.2. The first-order chi connectivity index (χ1) is 29.7. The van der Waals surface area contributed by atoms with Crippen LogP contribution >= 0.6 is 22.7 Å². The third-order valence-corrected chi connectivity index (χ3v) is 13.9. The summed E-state index contributed by atoms with van der Waals surface area (Å²) in [6.07, 6.45) is 3.75. The topological polar surface area (TPSA) is 38.7 Å². The first-order valence-corrected chi connectivity index (χ1v) is 21.7. The molecule has 0 saturated heterocycles. The van der Waals surface area contributed by atoms with Crippen LogP contribution in [0.4, 0.5) is 0 Å². The predicted molar refractivity (Wildman–Crippen MR) is 256 cm³/mol. The maximum absolute atomic E-state index is 5.47. The van der Waals surface area contributed by atoms with Crippen molar-refractivity contribution >= 4 is 73.8 Å². The molecule has 0 atom stereocenters. The van der Waals surface area contributed by atoms with E-state index in [4.69, 9.17) is 9.97 Å². The summed E-state index contributed by atoms with van der Waals surface area (Å²) < 4.78 is 5.18. The second kappa shape index (κ2) is 14.2. The van der Waals surface area contributed by atoms with Gasteiger partial charge in [-0.2, -0.15) is 0 Å². The smallest absolute Gasteiger partial charge is 0.160 e. The summed E-state index contributed by atoms with van der Waals surface area (Å²) >= 11 is 3.69. The van der Waals surface area contributed by atoms with Gasteiger partial charge in [-0.1, -0.05) is 121 Å². The van der Waals surface area contributed by atoms with Gasteiger partial charge in [-0.3, -0.25) is 4.98 Å². The van der Waals surface area contributed by atoms with E-state index in [1.54, 1.807) is 0 Å². The van der Waals surface area contributed by atoms with Crippen LogP contribution in [0.15, 0.2) is 200 Å². The van der Waals surface area contributed by atoms with Crippen molar-refractivity contribution in [1.82, 2.24) is 15.0 Å². The van der Waals surface area contributed by atoms with Gasteiger partial charge in [-0.15, -0.1) is 22.7 Å². The van der Waals surface area contributed by atoms with E-state index in [1.165, 1.54) is 40.3 Å². The van der Waals surface area contributed by atoms with Gasteiger partial charge in [-0.05, 0) is 105 Å². The number of hydrogen-bond donors (Lipinski definition) is 0. The van der Waals surface area contributed by atoms with E-state index >= 15 is 0 Å². The number of thiophene rings is 2. The fraction of sp³-hybridized carbons (Fsp3) is 0. The van der Waals surface area contributed by atoms with Crippen LogP contribution in [0, 0.1) is 0 Å². The molecule has 60 heavy (non-hydrogen) atoms. The van der Waals surface area contributed by atoms with Crippen molar-refractivity contribution in [3.8, 4) is 67.3 Å². The molecule has 0 radical (unpaired) electrons. The maximum atomic E-state index is 5.47. The Balaban J connectivity index is 1.09. The van der Waals surface area contributed by atoms with Crippen LogP contribution in [0.2, 0.25) is 0 Å². The number of hydrogen-bond acceptors (Lipinski definition) is 5. The molecule has 0 spiro atoms. The van der Waals surface area contributed by atoms with Gasteiger partial charge in [0.1, 0.15) is 0 Å². The molecule has 4 aromatic heterocycles. The molecule has 280 valence electrons. The molecule has 12 aromatic rings. The summed E-state index contributed by atoms with van der Waals surface area (Å²) in [4.78, 5) is 15.3. The largest absolute Gasteiger partial charge is 0.264 e. The Bertz CT molecular complexity index is 3470. The third-order valence-electron chi connectivity index (χ3n) is 11.6. The first-order valence-electron chi connectivity index (χ1n) is 20.1. The maximum Gasteiger partial charge on any atom is 0.160 e. The van der Waals surface area contributed by atoms with Crippen LogP contribution < -0.4 is 0 Å². The van der Waals surface area contributed by atoms with Gasteiger partial charge in [0.15, 0.2) is 5.82 Å². The van der Waals surface area contributed by atoms with E-state index in [0.717, 1.165) is 72.2 Å². The summed E-state index contributed by atoms with van der Waals surface area (Å²) in [6, 6.07) is 67.8. The highest BCUT2D eigenvalue weighted by Crippen LogP contribution is 2.42. The Morgan fingerprint density at radius 1 is 0.300 bits per heavy atom.